The van der Waals surface area contributed by atoms with Gasteiger partial charge in [0.2, 0.25) is 0 Å². The second-order valence-electron chi connectivity index (χ2n) is 8.82. The summed E-state index contributed by atoms with van der Waals surface area (Å²) >= 11 is 6.13. The Morgan fingerprint density at radius 2 is 1.62 bits per heavy atom. The van der Waals surface area contributed by atoms with Crippen LogP contribution in [0, 0.1) is 0 Å². The first kappa shape index (κ1) is 26.8. The molecule has 0 spiro atoms. The smallest absolute Gasteiger partial charge is 0.369 e. The highest BCUT2D eigenvalue weighted by molar-refractivity contribution is 6.31. The lowest BCUT2D eigenvalue weighted by atomic mass is 10.0. The summed E-state index contributed by atoms with van der Waals surface area (Å²) in [7, 11) is 2.07. The summed E-state index contributed by atoms with van der Waals surface area (Å²) < 4.78 is 69.2. The minimum Gasteiger partial charge on any atom is -0.369 e. The Balaban J connectivity index is 1.45. The van der Waals surface area contributed by atoms with E-state index in [1.54, 1.807) is 0 Å². The number of carbonyl (C=O) groups is 1. The molecule has 0 radical (unpaired) electrons. The van der Waals surface area contributed by atoms with E-state index in [4.69, 9.17) is 11.6 Å². The van der Waals surface area contributed by atoms with E-state index in [1.807, 2.05) is 29.6 Å². The Kier molecular flexibility index (Phi) is 7.70. The third kappa shape index (κ3) is 6.19. The number of aromatic nitrogens is 1. The fourth-order valence-corrected chi connectivity index (χ4v) is 4.40. The first-order valence-electron chi connectivity index (χ1n) is 11.5. The van der Waals surface area contributed by atoms with Crippen LogP contribution in [0.25, 0.3) is 11.1 Å². The summed E-state index contributed by atoms with van der Waals surface area (Å²) in [6, 6.07) is 12.9. The van der Waals surface area contributed by atoms with Crippen molar-refractivity contribution in [1.29, 1.82) is 0 Å². The normalized spacial score (nSPS) is 15.1. The van der Waals surface area contributed by atoms with E-state index in [0.29, 0.717) is 11.6 Å². The van der Waals surface area contributed by atoms with Crippen LogP contribution in [0.2, 0.25) is 5.02 Å². The van der Waals surface area contributed by atoms with Crippen molar-refractivity contribution in [3.05, 3.63) is 82.6 Å². The van der Waals surface area contributed by atoms with Gasteiger partial charge in [-0.05, 0) is 42.9 Å². The number of alkyl halides is 5. The van der Waals surface area contributed by atoms with Crippen LogP contribution >= 0.6 is 11.6 Å². The van der Waals surface area contributed by atoms with Crippen molar-refractivity contribution in [3.8, 4) is 11.1 Å². The van der Waals surface area contributed by atoms with Gasteiger partial charge in [0, 0.05) is 43.6 Å². The van der Waals surface area contributed by atoms with Crippen LogP contribution in [0.15, 0.2) is 60.8 Å². The van der Waals surface area contributed by atoms with Gasteiger partial charge >= 0.3 is 12.1 Å². The molecule has 1 saturated heterocycles. The van der Waals surface area contributed by atoms with Gasteiger partial charge in [0.05, 0.1) is 22.7 Å². The Bertz CT molecular complexity index is 1260. The fraction of sp³-hybridized carbons (Fsp3) is 0.308. The van der Waals surface area contributed by atoms with Crippen molar-refractivity contribution in [2.24, 2.45) is 0 Å². The van der Waals surface area contributed by atoms with Gasteiger partial charge in [0.15, 0.2) is 0 Å². The van der Waals surface area contributed by atoms with Gasteiger partial charge in [-0.25, -0.2) is 0 Å². The fourth-order valence-electron chi connectivity index (χ4n) is 4.09. The van der Waals surface area contributed by atoms with Crippen LogP contribution in [-0.4, -0.2) is 55.6 Å². The molecule has 0 saturated carbocycles. The van der Waals surface area contributed by atoms with Crippen LogP contribution in [0.1, 0.15) is 21.6 Å². The minimum atomic E-state index is -4.81. The van der Waals surface area contributed by atoms with Crippen molar-refractivity contribution in [1.82, 2.24) is 15.2 Å². The van der Waals surface area contributed by atoms with Gasteiger partial charge in [-0.3, -0.25) is 9.78 Å². The zero-order valence-corrected chi connectivity index (χ0v) is 20.6. The van der Waals surface area contributed by atoms with Gasteiger partial charge in [0.25, 0.3) is 5.91 Å². The second-order valence-corrected chi connectivity index (χ2v) is 9.23. The standard InChI is InChI=1S/C26H24ClF5N4O/c1-35-10-12-36(13-11-35)19-8-6-17(7-9-19)18-14-22(27)23(33-15-18)25(28,29)16-34-24(37)20-4-2-3-5-21(20)26(30,31)32/h2-9,14-15H,10-13,16H2,1H3,(H,34,37). The number of piperazine rings is 1. The van der Waals surface area contributed by atoms with Crippen molar-refractivity contribution >= 4 is 23.2 Å². The Morgan fingerprint density at radius 1 is 0.973 bits per heavy atom. The highest BCUT2D eigenvalue weighted by atomic mass is 35.5. The average Bonchev–Trinajstić information content (AvgIpc) is 2.87. The van der Waals surface area contributed by atoms with Crippen LogP contribution in [0.4, 0.5) is 27.6 Å². The molecule has 1 fully saturated rings. The quantitative estimate of drug-likeness (QED) is 0.409. The Labute approximate surface area is 215 Å². The molecule has 37 heavy (non-hydrogen) atoms. The van der Waals surface area contributed by atoms with E-state index in [2.05, 4.69) is 21.8 Å². The van der Waals surface area contributed by atoms with Gasteiger partial charge in [-0.15, -0.1) is 0 Å². The topological polar surface area (TPSA) is 48.5 Å². The lowest BCUT2D eigenvalue weighted by Gasteiger charge is -2.34. The maximum absolute atomic E-state index is 14.9. The number of pyridine rings is 1. The molecule has 1 N–H and O–H groups in total. The lowest BCUT2D eigenvalue weighted by molar-refractivity contribution is -0.137. The summed E-state index contributed by atoms with van der Waals surface area (Å²) in [5, 5.41) is 1.55. The van der Waals surface area contributed by atoms with Crippen molar-refractivity contribution in [3.63, 3.8) is 0 Å². The number of halogens is 6. The molecule has 1 aromatic heterocycles. The monoisotopic (exact) mass is 538 g/mol. The van der Waals surface area contributed by atoms with Crippen molar-refractivity contribution in [2.75, 3.05) is 44.7 Å². The molecule has 0 aliphatic carbocycles. The number of rotatable bonds is 6. The first-order chi connectivity index (χ1) is 17.5. The summed E-state index contributed by atoms with van der Waals surface area (Å²) in [5.41, 5.74) is -0.426. The maximum atomic E-state index is 14.9. The predicted octanol–water partition coefficient (Wildman–Crippen LogP) is 5.69. The van der Waals surface area contributed by atoms with Gasteiger partial charge in [-0.1, -0.05) is 35.9 Å². The lowest BCUT2D eigenvalue weighted by Crippen LogP contribution is -2.44. The summed E-state index contributed by atoms with van der Waals surface area (Å²) in [5.74, 6) is -5.00. The van der Waals surface area contributed by atoms with E-state index < -0.39 is 41.4 Å². The number of nitrogens with one attached hydrogen (secondary N) is 1. The highest BCUT2D eigenvalue weighted by Gasteiger charge is 2.38. The highest BCUT2D eigenvalue weighted by Crippen LogP contribution is 2.35. The van der Waals surface area contributed by atoms with Crippen LogP contribution in [-0.2, 0) is 12.1 Å². The summed E-state index contributed by atoms with van der Waals surface area (Å²) in [6.07, 6.45) is -3.55. The van der Waals surface area contributed by atoms with Crippen molar-refractivity contribution < 1.29 is 26.7 Å². The SMILES string of the molecule is CN1CCN(c2ccc(-c3cnc(C(F)(F)CNC(=O)c4ccccc4C(F)(F)F)c(Cl)c3)cc2)CC1. The molecule has 1 aliphatic heterocycles. The number of carbonyl (C=O) groups excluding carboxylic acids is 1. The Morgan fingerprint density at radius 3 is 2.24 bits per heavy atom. The van der Waals surface area contributed by atoms with E-state index in [-0.39, 0.29) is 5.02 Å². The number of nitrogens with zero attached hydrogens (tertiary/aromatic N) is 3. The minimum absolute atomic E-state index is 0.324. The van der Waals surface area contributed by atoms with Crippen LogP contribution in [0.3, 0.4) is 0 Å². The Hall–Kier alpha value is -3.24. The molecule has 11 heteroatoms. The van der Waals surface area contributed by atoms with Gasteiger partial charge in [0.1, 0.15) is 5.69 Å². The molecule has 4 rings (SSSR count). The largest absolute Gasteiger partial charge is 0.417 e. The zero-order chi connectivity index (χ0) is 26.8. The van der Waals surface area contributed by atoms with Crippen molar-refractivity contribution in [2.45, 2.75) is 12.1 Å². The molecule has 5 nitrogen and oxygen atoms in total. The molecule has 0 atom stereocenters. The van der Waals surface area contributed by atoms with E-state index >= 15 is 0 Å². The van der Waals surface area contributed by atoms with E-state index in [9.17, 15) is 26.7 Å². The molecule has 3 aromatic rings. The maximum Gasteiger partial charge on any atom is 0.417 e. The molecular weight excluding hydrogens is 515 g/mol. The number of hydrogen-bond donors (Lipinski definition) is 1. The molecule has 1 amide bonds. The van der Waals surface area contributed by atoms with E-state index in [0.717, 1.165) is 49.6 Å². The third-order valence-electron chi connectivity index (χ3n) is 6.20. The molecule has 0 bridgehead atoms. The van der Waals surface area contributed by atoms with Gasteiger partial charge < -0.3 is 15.1 Å². The predicted molar refractivity (Wildman–Crippen MR) is 132 cm³/mol. The summed E-state index contributed by atoms with van der Waals surface area (Å²) in [6.45, 7) is 2.47. The molecular formula is C26H24ClF5N4O. The van der Waals surface area contributed by atoms with Gasteiger partial charge in [-0.2, -0.15) is 22.0 Å². The number of benzene rings is 2. The summed E-state index contributed by atoms with van der Waals surface area (Å²) in [4.78, 5) is 20.6. The molecule has 196 valence electrons. The first-order valence-corrected chi connectivity index (χ1v) is 11.9. The third-order valence-corrected chi connectivity index (χ3v) is 6.49. The average molecular weight is 539 g/mol. The molecule has 0 unspecified atom stereocenters. The number of likely N-dealkylation sites (N-methyl/N-ethyl adjacent to an activating group) is 1. The number of hydrogen-bond acceptors (Lipinski definition) is 4. The molecule has 2 heterocycles. The molecule has 2 aromatic carbocycles. The van der Waals surface area contributed by atoms with Crippen LogP contribution < -0.4 is 10.2 Å². The number of amides is 1. The molecule has 1 aliphatic rings. The van der Waals surface area contributed by atoms with E-state index in [1.165, 1.54) is 18.3 Å². The second kappa shape index (κ2) is 10.6. The zero-order valence-electron chi connectivity index (χ0n) is 19.8. The number of anilines is 1. The van der Waals surface area contributed by atoms with Crippen LogP contribution in [0.5, 0.6) is 0 Å².